The van der Waals surface area contributed by atoms with Gasteiger partial charge in [0.2, 0.25) is 5.91 Å². The number of alkyl halides is 3. The molecule has 1 amide bonds. The fraction of sp³-hybridized carbons (Fsp3) is 0.476. The average molecular weight is 379 g/mol. The van der Waals surface area contributed by atoms with E-state index in [1.54, 1.807) is 27.0 Å². The van der Waals surface area contributed by atoms with Crippen LogP contribution in [0.15, 0.2) is 36.4 Å². The Hall–Kier alpha value is -2.24. The maximum atomic E-state index is 13.1. The Bertz CT molecular complexity index is 830. The maximum absolute atomic E-state index is 13.1. The third kappa shape index (κ3) is 4.54. The highest BCUT2D eigenvalue weighted by Gasteiger charge is 2.41. The Balaban J connectivity index is 1.86. The van der Waals surface area contributed by atoms with Crippen LogP contribution in [0.5, 0.6) is 5.75 Å². The third-order valence-corrected chi connectivity index (χ3v) is 5.37. The molecule has 0 unspecified atom stereocenters. The molecule has 6 heteroatoms. The molecule has 0 aliphatic heterocycles. The normalized spacial score (nSPS) is 16.8. The number of halogens is 3. The van der Waals surface area contributed by atoms with Crippen molar-refractivity contribution in [1.29, 1.82) is 0 Å². The monoisotopic (exact) mass is 379 g/mol. The van der Waals surface area contributed by atoms with Crippen LogP contribution in [0.3, 0.4) is 0 Å². The average Bonchev–Trinajstić information content (AvgIpc) is 3.48. The number of ether oxygens (including phenoxy) is 1. The highest BCUT2D eigenvalue weighted by Crippen LogP contribution is 2.37. The molecule has 3 rings (SSSR count). The Morgan fingerprint density at radius 3 is 2.37 bits per heavy atom. The van der Waals surface area contributed by atoms with Crippen LogP contribution in [0, 0.1) is 5.92 Å². The number of hydrogen-bond acceptors (Lipinski definition) is 2. The summed E-state index contributed by atoms with van der Waals surface area (Å²) in [7, 11) is 1.59. The zero-order valence-corrected chi connectivity index (χ0v) is 15.7. The van der Waals surface area contributed by atoms with Crippen LogP contribution in [-0.4, -0.2) is 36.7 Å². The van der Waals surface area contributed by atoms with Crippen LogP contribution in [0.1, 0.15) is 38.2 Å². The molecule has 0 heterocycles. The number of rotatable bonds is 6. The highest BCUT2D eigenvalue weighted by molar-refractivity contribution is 5.88. The van der Waals surface area contributed by atoms with Crippen LogP contribution in [0.25, 0.3) is 10.8 Å². The quantitative estimate of drug-likeness (QED) is 0.695. The van der Waals surface area contributed by atoms with E-state index in [2.05, 4.69) is 0 Å². The van der Waals surface area contributed by atoms with Gasteiger partial charge in [-0.25, -0.2) is 0 Å². The molecule has 2 aromatic carbocycles. The van der Waals surface area contributed by atoms with E-state index in [0.29, 0.717) is 5.56 Å². The first-order valence-electron chi connectivity index (χ1n) is 9.14. The van der Waals surface area contributed by atoms with Gasteiger partial charge in [0.25, 0.3) is 0 Å². The standard InChI is InChI=1S/C21H24F3NO2/c1-13(16-6-7-18-11-19(27-3)9-8-17(18)10-16)20(26)25(12-21(22,23)24)14(2)15-4-5-15/h6-11,13-15H,4-5,12H2,1-3H3/t13-,14+/m1/s1. The summed E-state index contributed by atoms with van der Waals surface area (Å²) in [6.07, 6.45) is -2.64. The minimum absolute atomic E-state index is 0.174. The largest absolute Gasteiger partial charge is 0.497 e. The minimum Gasteiger partial charge on any atom is -0.497 e. The van der Waals surface area contributed by atoms with Gasteiger partial charge in [0.1, 0.15) is 12.3 Å². The van der Waals surface area contributed by atoms with E-state index in [1.807, 2.05) is 30.3 Å². The second kappa shape index (κ2) is 7.41. The molecule has 1 saturated carbocycles. The molecule has 3 nitrogen and oxygen atoms in total. The van der Waals surface area contributed by atoms with Crippen molar-refractivity contribution in [3.05, 3.63) is 42.0 Å². The summed E-state index contributed by atoms with van der Waals surface area (Å²) in [5, 5.41) is 1.88. The first-order chi connectivity index (χ1) is 12.7. The molecular weight excluding hydrogens is 355 g/mol. The molecule has 0 bridgehead atoms. The van der Waals surface area contributed by atoms with Gasteiger partial charge in [-0.3, -0.25) is 4.79 Å². The Morgan fingerprint density at radius 1 is 1.15 bits per heavy atom. The molecule has 27 heavy (non-hydrogen) atoms. The molecule has 1 fully saturated rings. The molecule has 0 N–H and O–H groups in total. The molecule has 0 radical (unpaired) electrons. The highest BCUT2D eigenvalue weighted by atomic mass is 19.4. The summed E-state index contributed by atoms with van der Waals surface area (Å²) < 4.78 is 44.4. The molecule has 0 aromatic heterocycles. The Kier molecular flexibility index (Phi) is 5.36. The van der Waals surface area contributed by atoms with E-state index >= 15 is 0 Å². The molecular formula is C21H24F3NO2. The lowest BCUT2D eigenvalue weighted by atomic mass is 9.95. The van der Waals surface area contributed by atoms with Gasteiger partial charge in [0.15, 0.2) is 0 Å². The number of carbonyl (C=O) groups excluding carboxylic acids is 1. The first-order valence-corrected chi connectivity index (χ1v) is 9.14. The second-order valence-electron chi connectivity index (χ2n) is 7.35. The maximum Gasteiger partial charge on any atom is 0.406 e. The topological polar surface area (TPSA) is 29.5 Å². The molecule has 0 saturated heterocycles. The van der Waals surface area contributed by atoms with Crippen LogP contribution in [0.2, 0.25) is 0 Å². The molecule has 2 aromatic rings. The van der Waals surface area contributed by atoms with Crippen molar-refractivity contribution >= 4 is 16.7 Å². The first kappa shape index (κ1) is 19.5. The molecule has 0 spiro atoms. The van der Waals surface area contributed by atoms with Gasteiger partial charge in [-0.1, -0.05) is 24.3 Å². The van der Waals surface area contributed by atoms with Crippen LogP contribution < -0.4 is 4.74 Å². The van der Waals surface area contributed by atoms with Gasteiger partial charge in [-0.05, 0) is 61.1 Å². The van der Waals surface area contributed by atoms with Crippen molar-refractivity contribution in [2.24, 2.45) is 5.92 Å². The summed E-state index contributed by atoms with van der Waals surface area (Å²) in [5.41, 5.74) is 0.716. The Labute approximate surface area is 157 Å². The van der Waals surface area contributed by atoms with Crippen LogP contribution in [0.4, 0.5) is 13.2 Å². The third-order valence-electron chi connectivity index (χ3n) is 5.37. The number of methoxy groups -OCH3 is 1. The summed E-state index contributed by atoms with van der Waals surface area (Å²) in [5.74, 6) is -0.207. The van der Waals surface area contributed by atoms with Crippen molar-refractivity contribution in [3.63, 3.8) is 0 Å². The van der Waals surface area contributed by atoms with Gasteiger partial charge >= 0.3 is 6.18 Å². The van der Waals surface area contributed by atoms with Crippen molar-refractivity contribution in [1.82, 2.24) is 4.90 Å². The SMILES string of the molecule is COc1ccc2cc([C@@H](C)C(=O)N(CC(F)(F)F)[C@@H](C)C3CC3)ccc2c1. The van der Waals surface area contributed by atoms with Crippen molar-refractivity contribution in [3.8, 4) is 5.75 Å². The second-order valence-corrected chi connectivity index (χ2v) is 7.35. The molecule has 1 aliphatic rings. The lowest BCUT2D eigenvalue weighted by molar-refractivity contribution is -0.166. The summed E-state index contributed by atoms with van der Waals surface area (Å²) in [6.45, 7) is 2.20. The van der Waals surface area contributed by atoms with Crippen LogP contribution >= 0.6 is 0 Å². The summed E-state index contributed by atoms with van der Waals surface area (Å²) >= 11 is 0. The number of nitrogens with zero attached hydrogens (tertiary/aromatic N) is 1. The smallest absolute Gasteiger partial charge is 0.406 e. The van der Waals surface area contributed by atoms with Gasteiger partial charge in [0, 0.05) is 6.04 Å². The Morgan fingerprint density at radius 2 is 1.78 bits per heavy atom. The van der Waals surface area contributed by atoms with E-state index in [-0.39, 0.29) is 5.92 Å². The summed E-state index contributed by atoms with van der Waals surface area (Å²) in [6, 6.07) is 10.7. The lowest BCUT2D eigenvalue weighted by Crippen LogP contribution is -2.47. The van der Waals surface area contributed by atoms with Gasteiger partial charge < -0.3 is 9.64 Å². The van der Waals surface area contributed by atoms with E-state index in [1.165, 1.54) is 0 Å². The van der Waals surface area contributed by atoms with E-state index in [9.17, 15) is 18.0 Å². The number of benzene rings is 2. The van der Waals surface area contributed by atoms with Crippen molar-refractivity contribution in [2.45, 2.75) is 44.8 Å². The predicted octanol–water partition coefficient (Wildman–Crippen LogP) is 5.14. The van der Waals surface area contributed by atoms with E-state index < -0.39 is 30.6 Å². The van der Waals surface area contributed by atoms with Gasteiger partial charge in [-0.15, -0.1) is 0 Å². The molecule has 1 aliphatic carbocycles. The fourth-order valence-electron chi connectivity index (χ4n) is 3.48. The lowest BCUT2D eigenvalue weighted by Gasteiger charge is -2.32. The summed E-state index contributed by atoms with van der Waals surface area (Å²) in [4.78, 5) is 14.0. The minimum atomic E-state index is -4.40. The van der Waals surface area contributed by atoms with Gasteiger partial charge in [-0.2, -0.15) is 13.2 Å². The predicted molar refractivity (Wildman–Crippen MR) is 98.9 cm³/mol. The fourth-order valence-corrected chi connectivity index (χ4v) is 3.48. The van der Waals surface area contributed by atoms with E-state index in [0.717, 1.165) is 34.3 Å². The van der Waals surface area contributed by atoms with Crippen molar-refractivity contribution in [2.75, 3.05) is 13.7 Å². The number of hydrogen-bond donors (Lipinski definition) is 0. The van der Waals surface area contributed by atoms with Crippen LogP contribution in [-0.2, 0) is 4.79 Å². The zero-order valence-electron chi connectivity index (χ0n) is 15.7. The zero-order chi connectivity index (χ0) is 19.8. The van der Waals surface area contributed by atoms with E-state index in [4.69, 9.17) is 4.74 Å². The number of fused-ring (bicyclic) bond motifs is 1. The molecule has 146 valence electrons. The number of amides is 1. The molecule has 2 atom stereocenters. The van der Waals surface area contributed by atoms with Crippen molar-refractivity contribution < 1.29 is 22.7 Å². The van der Waals surface area contributed by atoms with Gasteiger partial charge in [0.05, 0.1) is 13.0 Å². The number of carbonyl (C=O) groups is 1.